The molecular weight excluding hydrogens is 364 g/mol. The van der Waals surface area contributed by atoms with Crippen LogP contribution in [-0.4, -0.2) is 26.6 Å². The Hall–Kier alpha value is -3.80. The predicted molar refractivity (Wildman–Crippen MR) is 111 cm³/mol. The summed E-state index contributed by atoms with van der Waals surface area (Å²) in [5.74, 6) is -0.689. The van der Waals surface area contributed by atoms with E-state index in [0.717, 1.165) is 16.8 Å². The van der Waals surface area contributed by atoms with Crippen molar-refractivity contribution in [2.45, 2.75) is 20.8 Å². The van der Waals surface area contributed by atoms with E-state index < -0.39 is 0 Å². The second-order valence-electron chi connectivity index (χ2n) is 7.29. The van der Waals surface area contributed by atoms with Crippen molar-refractivity contribution in [3.8, 4) is 5.69 Å². The molecule has 0 saturated heterocycles. The van der Waals surface area contributed by atoms with Crippen LogP contribution >= 0.6 is 0 Å². The van der Waals surface area contributed by atoms with Gasteiger partial charge in [-0.2, -0.15) is 5.10 Å². The number of benzene rings is 2. The highest BCUT2D eigenvalue weighted by Gasteiger charge is 2.40. The molecular formula is C23H18N4O2. The van der Waals surface area contributed by atoms with Gasteiger partial charge in [-0.3, -0.25) is 9.59 Å². The minimum absolute atomic E-state index is 0.316. The molecule has 5 rings (SSSR count). The topological polar surface area (TPSA) is 68.1 Å². The Morgan fingerprint density at radius 3 is 2.31 bits per heavy atom. The molecule has 2 aromatic heterocycles. The van der Waals surface area contributed by atoms with E-state index in [4.69, 9.17) is 0 Å². The van der Waals surface area contributed by atoms with Crippen molar-refractivity contribution >= 4 is 28.5 Å². The van der Waals surface area contributed by atoms with Crippen LogP contribution in [0.5, 0.6) is 0 Å². The van der Waals surface area contributed by atoms with Gasteiger partial charge in [0.15, 0.2) is 5.65 Å². The molecule has 3 heterocycles. The van der Waals surface area contributed by atoms with Crippen LogP contribution in [0.15, 0.2) is 54.7 Å². The lowest BCUT2D eigenvalue weighted by Gasteiger charge is -2.15. The second-order valence-corrected chi connectivity index (χ2v) is 7.29. The van der Waals surface area contributed by atoms with Gasteiger partial charge >= 0.3 is 0 Å². The lowest BCUT2D eigenvalue weighted by Crippen LogP contribution is -2.29. The van der Waals surface area contributed by atoms with Gasteiger partial charge in [-0.05, 0) is 56.2 Å². The Bertz CT molecular complexity index is 1320. The van der Waals surface area contributed by atoms with Crippen LogP contribution in [0.25, 0.3) is 16.7 Å². The molecule has 0 fully saturated rings. The third kappa shape index (κ3) is 2.42. The fourth-order valence-corrected chi connectivity index (χ4v) is 3.81. The Morgan fingerprint density at radius 1 is 0.828 bits per heavy atom. The summed E-state index contributed by atoms with van der Waals surface area (Å²) in [5.41, 5.74) is 5.47. The molecule has 0 spiro atoms. The van der Waals surface area contributed by atoms with E-state index in [1.165, 1.54) is 11.1 Å². The summed E-state index contributed by atoms with van der Waals surface area (Å²) in [6.07, 6.45) is 1.49. The average Bonchev–Trinajstić information content (AvgIpc) is 3.19. The lowest BCUT2D eigenvalue weighted by molar-refractivity contribution is 0.0926. The van der Waals surface area contributed by atoms with Crippen molar-refractivity contribution in [3.05, 3.63) is 82.7 Å². The van der Waals surface area contributed by atoms with Gasteiger partial charge in [0, 0.05) is 6.20 Å². The molecule has 0 N–H and O–H groups in total. The lowest BCUT2D eigenvalue weighted by atomic mass is 10.1. The first-order valence-electron chi connectivity index (χ1n) is 9.37. The summed E-state index contributed by atoms with van der Waals surface area (Å²) >= 11 is 0. The number of amides is 2. The summed E-state index contributed by atoms with van der Waals surface area (Å²) in [6.45, 7) is 5.79. The fourth-order valence-electron chi connectivity index (χ4n) is 3.81. The molecule has 0 saturated carbocycles. The minimum Gasteiger partial charge on any atom is -0.268 e. The maximum absolute atomic E-state index is 13.4. The number of rotatable bonds is 2. The van der Waals surface area contributed by atoms with Gasteiger partial charge in [-0.1, -0.05) is 24.3 Å². The average molecular weight is 382 g/mol. The van der Waals surface area contributed by atoms with E-state index in [9.17, 15) is 9.59 Å². The molecule has 142 valence electrons. The number of hydrogen-bond acceptors (Lipinski definition) is 4. The normalized spacial score (nSPS) is 13.4. The van der Waals surface area contributed by atoms with Crippen LogP contribution in [0, 0.1) is 20.8 Å². The maximum Gasteiger partial charge on any atom is 0.267 e. The number of carbonyl (C=O) groups is 2. The van der Waals surface area contributed by atoms with E-state index in [1.807, 2.05) is 63.2 Å². The molecule has 0 radical (unpaired) electrons. The Labute approximate surface area is 167 Å². The monoisotopic (exact) mass is 382 g/mol. The molecule has 0 aliphatic carbocycles. The van der Waals surface area contributed by atoms with Crippen molar-refractivity contribution in [1.82, 2.24) is 14.8 Å². The largest absolute Gasteiger partial charge is 0.268 e. The zero-order chi connectivity index (χ0) is 20.3. The van der Waals surface area contributed by atoms with Gasteiger partial charge in [-0.15, -0.1) is 0 Å². The number of para-hydroxylation sites is 1. The highest BCUT2D eigenvalue weighted by atomic mass is 16.2. The quantitative estimate of drug-likeness (QED) is 0.489. The Balaban J connectivity index is 1.72. The molecule has 2 amide bonds. The van der Waals surface area contributed by atoms with Crippen LogP contribution in [0.3, 0.4) is 0 Å². The molecule has 0 unspecified atom stereocenters. The number of aromatic nitrogens is 3. The number of carbonyl (C=O) groups excluding carboxylic acids is 2. The Morgan fingerprint density at radius 2 is 1.59 bits per heavy atom. The molecule has 0 bridgehead atoms. The van der Waals surface area contributed by atoms with Gasteiger partial charge in [0.2, 0.25) is 0 Å². The van der Waals surface area contributed by atoms with Gasteiger partial charge in [0.1, 0.15) is 0 Å². The number of anilines is 1. The molecule has 29 heavy (non-hydrogen) atoms. The van der Waals surface area contributed by atoms with Crippen molar-refractivity contribution in [1.29, 1.82) is 0 Å². The number of hydrogen-bond donors (Lipinski definition) is 0. The highest BCUT2D eigenvalue weighted by molar-refractivity contribution is 6.37. The van der Waals surface area contributed by atoms with Crippen LogP contribution in [0.4, 0.5) is 5.69 Å². The van der Waals surface area contributed by atoms with Crippen LogP contribution in [0.1, 0.15) is 37.5 Å². The minimum atomic E-state index is -0.352. The van der Waals surface area contributed by atoms with E-state index in [1.54, 1.807) is 10.7 Å². The number of fused-ring (bicyclic) bond motifs is 3. The number of pyridine rings is 1. The van der Waals surface area contributed by atoms with Crippen molar-refractivity contribution in [2.75, 3.05) is 4.90 Å². The highest BCUT2D eigenvalue weighted by Crippen LogP contribution is 2.35. The molecule has 1 aliphatic rings. The SMILES string of the molecule is Cc1ccc(N2C(=O)c3cnc4c(c(C)nn4-c4ccccc4)c3C2=O)cc1C. The third-order valence-electron chi connectivity index (χ3n) is 5.47. The molecule has 0 atom stereocenters. The fraction of sp³-hybridized carbons (Fsp3) is 0.130. The first kappa shape index (κ1) is 17.3. The first-order valence-corrected chi connectivity index (χ1v) is 9.37. The number of aryl methyl sites for hydroxylation is 3. The molecule has 6 nitrogen and oxygen atoms in total. The summed E-state index contributed by atoms with van der Waals surface area (Å²) < 4.78 is 1.71. The van der Waals surface area contributed by atoms with Gasteiger partial charge in [0.05, 0.1) is 33.6 Å². The molecule has 6 heteroatoms. The van der Waals surface area contributed by atoms with Crippen molar-refractivity contribution in [3.63, 3.8) is 0 Å². The zero-order valence-electron chi connectivity index (χ0n) is 16.3. The second kappa shape index (κ2) is 6.10. The van der Waals surface area contributed by atoms with E-state index in [2.05, 4.69) is 10.1 Å². The van der Waals surface area contributed by atoms with E-state index >= 15 is 0 Å². The van der Waals surface area contributed by atoms with E-state index in [-0.39, 0.29) is 11.8 Å². The van der Waals surface area contributed by atoms with Crippen molar-refractivity contribution in [2.24, 2.45) is 0 Å². The molecule has 4 aromatic rings. The van der Waals surface area contributed by atoms with Gasteiger partial charge in [-0.25, -0.2) is 14.6 Å². The smallest absolute Gasteiger partial charge is 0.267 e. The van der Waals surface area contributed by atoms with Crippen LogP contribution in [0.2, 0.25) is 0 Å². The third-order valence-corrected chi connectivity index (χ3v) is 5.47. The van der Waals surface area contributed by atoms with Gasteiger partial charge < -0.3 is 0 Å². The predicted octanol–water partition coefficient (Wildman–Crippen LogP) is 4.15. The summed E-state index contributed by atoms with van der Waals surface area (Å²) in [6, 6.07) is 15.2. The molecule has 1 aliphatic heterocycles. The number of imide groups is 1. The first-order chi connectivity index (χ1) is 14.0. The van der Waals surface area contributed by atoms with Crippen LogP contribution < -0.4 is 4.90 Å². The number of nitrogens with zero attached hydrogens (tertiary/aromatic N) is 4. The van der Waals surface area contributed by atoms with Crippen LogP contribution in [-0.2, 0) is 0 Å². The zero-order valence-corrected chi connectivity index (χ0v) is 16.3. The Kier molecular flexibility index (Phi) is 3.64. The van der Waals surface area contributed by atoms with E-state index in [0.29, 0.717) is 33.5 Å². The standard InChI is InChI=1S/C23H18N4O2/c1-13-9-10-17(11-14(13)2)26-22(28)18-12-24-21-19(20(18)23(26)29)15(3)25-27(21)16-7-5-4-6-8-16/h4-12H,1-3H3. The molecule has 2 aromatic carbocycles. The summed E-state index contributed by atoms with van der Waals surface area (Å²) in [7, 11) is 0. The summed E-state index contributed by atoms with van der Waals surface area (Å²) in [4.78, 5) is 32.2. The van der Waals surface area contributed by atoms with Crippen molar-refractivity contribution < 1.29 is 9.59 Å². The van der Waals surface area contributed by atoms with Gasteiger partial charge in [0.25, 0.3) is 11.8 Å². The summed E-state index contributed by atoms with van der Waals surface area (Å²) in [5, 5.41) is 5.21. The maximum atomic E-state index is 13.4.